The summed E-state index contributed by atoms with van der Waals surface area (Å²) in [4.78, 5) is 14.9. The van der Waals surface area contributed by atoms with Crippen molar-refractivity contribution in [1.29, 1.82) is 0 Å². The maximum atomic E-state index is 12.9. The molecule has 3 rings (SSSR count). The zero-order chi connectivity index (χ0) is 13.7. The molecule has 2 aliphatic rings. The Morgan fingerprint density at radius 3 is 2.32 bits per heavy atom. The molecule has 0 aliphatic carbocycles. The van der Waals surface area contributed by atoms with Crippen LogP contribution < -0.4 is 0 Å². The van der Waals surface area contributed by atoms with Gasteiger partial charge in [-0.2, -0.15) is 5.10 Å². The Kier molecular flexibility index (Phi) is 3.08. The first-order valence-electron chi connectivity index (χ1n) is 6.96. The van der Waals surface area contributed by atoms with Crippen molar-refractivity contribution < 1.29 is 4.79 Å². The molecule has 104 valence electrons. The van der Waals surface area contributed by atoms with Gasteiger partial charge in [-0.15, -0.1) is 11.6 Å². The van der Waals surface area contributed by atoms with Gasteiger partial charge < -0.3 is 4.90 Å². The number of hydrogen-bond acceptors (Lipinski definition) is 2. The van der Waals surface area contributed by atoms with Crippen LogP contribution in [0.5, 0.6) is 0 Å². The third-order valence-corrected chi connectivity index (χ3v) is 4.99. The summed E-state index contributed by atoms with van der Waals surface area (Å²) >= 11 is 6.27. The first-order valence-corrected chi connectivity index (χ1v) is 7.39. The number of rotatable bonds is 1. The van der Waals surface area contributed by atoms with Gasteiger partial charge in [0.15, 0.2) is 0 Å². The lowest BCUT2D eigenvalue weighted by Gasteiger charge is -2.37. The Balaban J connectivity index is 1.93. The molecule has 2 aliphatic heterocycles. The second-order valence-corrected chi connectivity index (χ2v) is 6.45. The highest BCUT2D eigenvalue weighted by atomic mass is 35.5. The van der Waals surface area contributed by atoms with Crippen LogP contribution >= 0.6 is 11.6 Å². The monoisotopic (exact) mass is 281 g/mol. The Morgan fingerprint density at radius 1 is 1.26 bits per heavy atom. The van der Waals surface area contributed by atoms with E-state index in [4.69, 9.17) is 11.6 Å². The van der Waals surface area contributed by atoms with Crippen LogP contribution in [0, 0.1) is 13.8 Å². The summed E-state index contributed by atoms with van der Waals surface area (Å²) in [5, 5.41) is 4.59. The highest BCUT2D eigenvalue weighted by Gasteiger charge is 2.43. The van der Waals surface area contributed by atoms with Crippen LogP contribution in [-0.4, -0.2) is 38.0 Å². The van der Waals surface area contributed by atoms with Crippen LogP contribution in [0.25, 0.3) is 0 Å². The molecule has 3 heterocycles. The Labute approximate surface area is 118 Å². The SMILES string of the molecule is Cc1nn(C)c(C)c1C(=O)N1C2CCC1CC(Cl)C2. The molecule has 1 aromatic rings. The maximum absolute atomic E-state index is 12.9. The van der Waals surface area contributed by atoms with Crippen molar-refractivity contribution in [3.8, 4) is 0 Å². The summed E-state index contributed by atoms with van der Waals surface area (Å²) in [6.45, 7) is 3.87. The van der Waals surface area contributed by atoms with Crippen LogP contribution in [0.15, 0.2) is 0 Å². The summed E-state index contributed by atoms with van der Waals surface area (Å²) < 4.78 is 1.79. The zero-order valence-electron chi connectivity index (χ0n) is 11.7. The minimum Gasteiger partial charge on any atom is -0.332 e. The fraction of sp³-hybridized carbons (Fsp3) is 0.714. The standard InChI is InChI=1S/C14H20ClN3O/c1-8-13(9(2)17(3)16-8)14(19)18-11-4-5-12(18)7-10(15)6-11/h10-12H,4-7H2,1-3H3. The quantitative estimate of drug-likeness (QED) is 0.742. The van der Waals surface area contributed by atoms with Crippen molar-refractivity contribution in [3.05, 3.63) is 17.0 Å². The predicted molar refractivity (Wildman–Crippen MR) is 74.5 cm³/mol. The largest absolute Gasteiger partial charge is 0.332 e. The van der Waals surface area contributed by atoms with Gasteiger partial charge in [0.2, 0.25) is 0 Å². The van der Waals surface area contributed by atoms with Crippen molar-refractivity contribution >= 4 is 17.5 Å². The molecule has 19 heavy (non-hydrogen) atoms. The minimum absolute atomic E-state index is 0.152. The topological polar surface area (TPSA) is 38.1 Å². The van der Waals surface area contributed by atoms with E-state index in [1.165, 1.54) is 0 Å². The number of aryl methyl sites for hydroxylation is 2. The molecule has 0 saturated carbocycles. The van der Waals surface area contributed by atoms with E-state index in [2.05, 4.69) is 10.00 Å². The second kappa shape index (κ2) is 4.51. The number of fused-ring (bicyclic) bond motifs is 2. The molecule has 1 amide bonds. The number of alkyl halides is 1. The second-order valence-electron chi connectivity index (χ2n) is 5.84. The average Bonchev–Trinajstić information content (AvgIpc) is 2.74. The summed E-state index contributed by atoms with van der Waals surface area (Å²) in [6, 6.07) is 0.653. The fourth-order valence-electron chi connectivity index (χ4n) is 3.65. The number of hydrogen-bond donors (Lipinski definition) is 0. The Morgan fingerprint density at radius 2 is 1.84 bits per heavy atom. The average molecular weight is 282 g/mol. The fourth-order valence-corrected chi connectivity index (χ4v) is 4.07. The molecule has 2 fully saturated rings. The molecular weight excluding hydrogens is 262 g/mol. The third-order valence-electron chi connectivity index (χ3n) is 4.63. The first-order chi connectivity index (χ1) is 8.99. The normalized spacial score (nSPS) is 29.9. The molecule has 2 bridgehead atoms. The molecule has 0 radical (unpaired) electrons. The van der Waals surface area contributed by atoms with Gasteiger partial charge in [-0.3, -0.25) is 9.48 Å². The molecule has 1 aromatic heterocycles. The van der Waals surface area contributed by atoms with Gasteiger partial charge in [0.1, 0.15) is 0 Å². The number of piperidine rings is 1. The molecule has 2 unspecified atom stereocenters. The number of carbonyl (C=O) groups excluding carboxylic acids is 1. The van der Waals surface area contributed by atoms with Crippen LogP contribution in [0.2, 0.25) is 0 Å². The van der Waals surface area contributed by atoms with E-state index in [-0.39, 0.29) is 11.3 Å². The lowest BCUT2D eigenvalue weighted by molar-refractivity contribution is 0.0598. The van der Waals surface area contributed by atoms with Gasteiger partial charge >= 0.3 is 0 Å². The van der Waals surface area contributed by atoms with Gasteiger partial charge in [0.25, 0.3) is 5.91 Å². The van der Waals surface area contributed by atoms with Gasteiger partial charge in [-0.25, -0.2) is 0 Å². The van der Waals surface area contributed by atoms with E-state index < -0.39 is 0 Å². The van der Waals surface area contributed by atoms with Gasteiger partial charge in [0.05, 0.1) is 11.3 Å². The van der Waals surface area contributed by atoms with Gasteiger partial charge in [0, 0.05) is 30.2 Å². The van der Waals surface area contributed by atoms with Crippen molar-refractivity contribution in [2.75, 3.05) is 0 Å². The third kappa shape index (κ3) is 1.97. The maximum Gasteiger partial charge on any atom is 0.258 e. The van der Waals surface area contributed by atoms with Crippen LogP contribution in [-0.2, 0) is 7.05 Å². The molecule has 2 atom stereocenters. The van der Waals surface area contributed by atoms with Gasteiger partial charge in [-0.05, 0) is 39.5 Å². The van der Waals surface area contributed by atoms with Gasteiger partial charge in [-0.1, -0.05) is 0 Å². The Bertz CT molecular complexity index is 511. The van der Waals surface area contributed by atoms with E-state index in [0.29, 0.717) is 12.1 Å². The highest BCUT2D eigenvalue weighted by molar-refractivity contribution is 6.20. The smallest absolute Gasteiger partial charge is 0.258 e. The van der Waals surface area contributed by atoms with Crippen LogP contribution in [0.4, 0.5) is 0 Å². The minimum atomic E-state index is 0.152. The summed E-state index contributed by atoms with van der Waals surface area (Å²) in [5.74, 6) is 0.152. The number of carbonyl (C=O) groups is 1. The number of amides is 1. The van der Waals surface area contributed by atoms with Crippen molar-refractivity contribution in [2.24, 2.45) is 7.05 Å². The van der Waals surface area contributed by atoms with Crippen LogP contribution in [0.3, 0.4) is 0 Å². The van der Waals surface area contributed by atoms with Crippen molar-refractivity contribution in [3.63, 3.8) is 0 Å². The van der Waals surface area contributed by atoms with Crippen molar-refractivity contribution in [2.45, 2.75) is 57.0 Å². The summed E-state index contributed by atoms with van der Waals surface area (Å²) in [7, 11) is 1.89. The van der Waals surface area contributed by atoms with E-state index in [1.54, 1.807) is 4.68 Å². The zero-order valence-corrected chi connectivity index (χ0v) is 12.4. The van der Waals surface area contributed by atoms with E-state index in [1.807, 2.05) is 20.9 Å². The predicted octanol–water partition coefficient (Wildman–Crippen LogP) is 2.41. The van der Waals surface area contributed by atoms with Crippen LogP contribution in [0.1, 0.15) is 47.4 Å². The molecule has 2 saturated heterocycles. The summed E-state index contributed by atoms with van der Waals surface area (Å²) in [6.07, 6.45) is 4.06. The van der Waals surface area contributed by atoms with E-state index in [9.17, 15) is 4.79 Å². The molecule has 0 N–H and O–H groups in total. The molecule has 4 nitrogen and oxygen atoms in total. The molecular formula is C14H20ClN3O. The highest BCUT2D eigenvalue weighted by Crippen LogP contribution is 2.39. The first kappa shape index (κ1) is 13.0. The Hall–Kier alpha value is -1.03. The lowest BCUT2D eigenvalue weighted by Crippen LogP contribution is -2.47. The number of aromatic nitrogens is 2. The lowest BCUT2D eigenvalue weighted by atomic mass is 10.0. The molecule has 0 aromatic carbocycles. The molecule has 5 heteroatoms. The summed E-state index contributed by atoms with van der Waals surface area (Å²) in [5.41, 5.74) is 2.57. The number of nitrogens with zero attached hydrogens (tertiary/aromatic N) is 3. The number of halogens is 1. The van der Waals surface area contributed by atoms with E-state index in [0.717, 1.165) is 42.6 Å². The molecule has 0 spiro atoms. The van der Waals surface area contributed by atoms with E-state index >= 15 is 0 Å². The van der Waals surface area contributed by atoms with Crippen molar-refractivity contribution in [1.82, 2.24) is 14.7 Å².